The molecule has 136 valence electrons. The van der Waals surface area contributed by atoms with Crippen molar-refractivity contribution in [1.29, 1.82) is 0 Å². The third-order valence-corrected chi connectivity index (χ3v) is 5.24. The van der Waals surface area contributed by atoms with E-state index in [0.29, 0.717) is 22.5 Å². The third kappa shape index (κ3) is 3.62. The van der Waals surface area contributed by atoms with Crippen LogP contribution in [0.2, 0.25) is 0 Å². The van der Waals surface area contributed by atoms with E-state index in [4.69, 9.17) is 9.47 Å². The van der Waals surface area contributed by atoms with Gasteiger partial charge in [0.1, 0.15) is 5.00 Å². The number of fused-ring (bicyclic) bond motifs is 1. The van der Waals surface area contributed by atoms with Gasteiger partial charge in [0.25, 0.3) is 5.91 Å². The van der Waals surface area contributed by atoms with Gasteiger partial charge in [0.05, 0.1) is 17.7 Å². The molecule has 0 aliphatic carbocycles. The molecule has 1 atom stereocenters. The zero-order valence-corrected chi connectivity index (χ0v) is 15.4. The summed E-state index contributed by atoms with van der Waals surface area (Å²) < 4.78 is 10.3. The van der Waals surface area contributed by atoms with Gasteiger partial charge in [0, 0.05) is 11.3 Å². The lowest BCUT2D eigenvalue weighted by Gasteiger charge is -2.23. The lowest BCUT2D eigenvalue weighted by atomic mass is 9.98. The van der Waals surface area contributed by atoms with Gasteiger partial charge in [-0.05, 0) is 31.0 Å². The van der Waals surface area contributed by atoms with E-state index in [0.717, 1.165) is 16.9 Å². The maximum absolute atomic E-state index is 12.6. The average Bonchev–Trinajstić information content (AvgIpc) is 3.05. The molecule has 2 aromatic rings. The zero-order valence-electron chi connectivity index (χ0n) is 14.5. The van der Waals surface area contributed by atoms with Crippen molar-refractivity contribution in [1.82, 2.24) is 0 Å². The van der Waals surface area contributed by atoms with Crippen LogP contribution >= 0.6 is 11.3 Å². The number of hydrogen-bond acceptors (Lipinski definition) is 6. The van der Waals surface area contributed by atoms with E-state index in [2.05, 4.69) is 5.32 Å². The first-order valence-corrected chi connectivity index (χ1v) is 9.24. The quantitative estimate of drug-likeness (QED) is 0.814. The molecule has 26 heavy (non-hydrogen) atoms. The van der Waals surface area contributed by atoms with Crippen LogP contribution in [-0.4, -0.2) is 30.6 Å². The second kappa shape index (κ2) is 7.70. The van der Waals surface area contributed by atoms with Crippen molar-refractivity contribution in [2.24, 2.45) is 0 Å². The van der Waals surface area contributed by atoms with Crippen LogP contribution in [0, 0.1) is 0 Å². The van der Waals surface area contributed by atoms with Gasteiger partial charge in [-0.3, -0.25) is 4.79 Å². The number of thiophene rings is 1. The van der Waals surface area contributed by atoms with Gasteiger partial charge in [0.2, 0.25) is 0 Å². The molecule has 0 bridgehead atoms. The molecule has 2 heterocycles. The molecule has 3 rings (SSSR count). The molecule has 1 N–H and O–H groups in total. The number of nitrogens with one attached hydrogen (secondary N) is 1. The Morgan fingerprint density at radius 1 is 1.31 bits per heavy atom. The summed E-state index contributed by atoms with van der Waals surface area (Å²) in [4.78, 5) is 37.8. The van der Waals surface area contributed by atoms with E-state index in [1.807, 2.05) is 13.0 Å². The van der Waals surface area contributed by atoms with Crippen LogP contribution in [0.3, 0.4) is 0 Å². The normalized spacial score (nSPS) is 15.8. The van der Waals surface area contributed by atoms with Crippen molar-refractivity contribution in [2.75, 3.05) is 11.9 Å². The van der Waals surface area contributed by atoms with Crippen molar-refractivity contribution >= 4 is 34.2 Å². The first kappa shape index (κ1) is 18.1. The fourth-order valence-corrected chi connectivity index (χ4v) is 3.73. The number of benzene rings is 1. The molecular formula is C19H19NO5S. The minimum atomic E-state index is -0.931. The molecule has 0 fully saturated rings. The van der Waals surface area contributed by atoms with E-state index >= 15 is 0 Å². The number of aryl methyl sites for hydroxylation is 1. The van der Waals surface area contributed by atoms with Crippen molar-refractivity contribution in [3.63, 3.8) is 0 Å². The molecule has 1 aromatic carbocycles. The number of ether oxygens (including phenoxy) is 2. The molecular weight excluding hydrogens is 354 g/mol. The second-order valence-electron chi connectivity index (χ2n) is 5.77. The van der Waals surface area contributed by atoms with Gasteiger partial charge in [-0.25, -0.2) is 9.59 Å². The summed E-state index contributed by atoms with van der Waals surface area (Å²) in [6, 6.07) is 8.78. The van der Waals surface area contributed by atoms with Crippen molar-refractivity contribution in [3.05, 3.63) is 51.9 Å². The fraction of sp³-hybridized carbons (Fsp3) is 0.316. The summed E-state index contributed by atoms with van der Waals surface area (Å²) >= 11 is 1.32. The van der Waals surface area contributed by atoms with Gasteiger partial charge in [-0.15, -0.1) is 11.3 Å². The number of hydrogen-bond donors (Lipinski definition) is 1. The van der Waals surface area contributed by atoms with Gasteiger partial charge in [0.15, 0.2) is 6.10 Å². The predicted molar refractivity (Wildman–Crippen MR) is 97.6 cm³/mol. The minimum Gasteiger partial charge on any atom is -0.462 e. The number of anilines is 1. The Labute approximate surface area is 155 Å². The van der Waals surface area contributed by atoms with E-state index in [1.54, 1.807) is 31.2 Å². The molecule has 7 heteroatoms. The van der Waals surface area contributed by atoms with Crippen LogP contribution in [0.25, 0.3) is 0 Å². The number of amides is 1. The van der Waals surface area contributed by atoms with Gasteiger partial charge in [-0.1, -0.05) is 25.1 Å². The van der Waals surface area contributed by atoms with Crippen molar-refractivity contribution in [2.45, 2.75) is 32.8 Å². The SMILES string of the molecule is CCOC(=O)c1cc(CC)sc1NC(=O)C1Cc2ccccc2C(=O)O1. The highest BCUT2D eigenvalue weighted by molar-refractivity contribution is 7.16. The molecule has 1 aromatic heterocycles. The Balaban J connectivity index is 1.79. The monoisotopic (exact) mass is 373 g/mol. The molecule has 1 amide bonds. The molecule has 6 nitrogen and oxygen atoms in total. The summed E-state index contributed by atoms with van der Waals surface area (Å²) in [5.41, 5.74) is 1.58. The second-order valence-corrected chi connectivity index (χ2v) is 6.91. The minimum absolute atomic E-state index is 0.251. The first-order valence-electron chi connectivity index (χ1n) is 8.43. The van der Waals surface area contributed by atoms with Crippen LogP contribution in [0.4, 0.5) is 5.00 Å². The Bertz CT molecular complexity index is 857. The van der Waals surface area contributed by atoms with Crippen LogP contribution in [-0.2, 0) is 27.1 Å². The highest BCUT2D eigenvalue weighted by Crippen LogP contribution is 2.30. The molecule has 1 aliphatic rings. The lowest BCUT2D eigenvalue weighted by Crippen LogP contribution is -2.38. The molecule has 0 saturated heterocycles. The lowest BCUT2D eigenvalue weighted by molar-refractivity contribution is -0.125. The summed E-state index contributed by atoms with van der Waals surface area (Å²) in [7, 11) is 0. The van der Waals surface area contributed by atoms with E-state index in [9.17, 15) is 14.4 Å². The Hall–Kier alpha value is -2.67. The van der Waals surface area contributed by atoms with E-state index in [1.165, 1.54) is 11.3 Å². The molecule has 0 radical (unpaired) electrons. The number of carbonyl (C=O) groups excluding carboxylic acids is 3. The number of cyclic esters (lactones) is 1. The predicted octanol–water partition coefficient (Wildman–Crippen LogP) is 3.21. The fourth-order valence-electron chi connectivity index (χ4n) is 2.74. The summed E-state index contributed by atoms with van der Waals surface area (Å²) in [5, 5.41) is 3.14. The number of esters is 2. The van der Waals surface area contributed by atoms with Gasteiger partial charge < -0.3 is 14.8 Å². The third-order valence-electron chi connectivity index (χ3n) is 4.05. The van der Waals surface area contributed by atoms with Gasteiger partial charge in [-0.2, -0.15) is 0 Å². The smallest absolute Gasteiger partial charge is 0.341 e. The maximum atomic E-state index is 12.6. The van der Waals surface area contributed by atoms with Crippen LogP contribution in [0.5, 0.6) is 0 Å². The molecule has 0 saturated carbocycles. The van der Waals surface area contributed by atoms with E-state index in [-0.39, 0.29) is 6.61 Å². The highest BCUT2D eigenvalue weighted by Gasteiger charge is 2.32. The maximum Gasteiger partial charge on any atom is 0.341 e. The summed E-state index contributed by atoms with van der Waals surface area (Å²) in [6.07, 6.45) is 0.104. The number of carbonyl (C=O) groups is 3. The topological polar surface area (TPSA) is 81.7 Å². The van der Waals surface area contributed by atoms with Crippen LogP contribution in [0.1, 0.15) is 45.0 Å². The Morgan fingerprint density at radius 2 is 2.08 bits per heavy atom. The Kier molecular flexibility index (Phi) is 5.37. The summed E-state index contributed by atoms with van der Waals surface area (Å²) in [6.45, 7) is 3.94. The standard InChI is InChI=1S/C19H19NO5S/c1-3-12-10-14(18(22)24-4-2)17(26-12)20-16(21)15-9-11-7-5-6-8-13(11)19(23)25-15/h5-8,10,15H,3-4,9H2,1-2H3,(H,20,21). The number of rotatable bonds is 5. The van der Waals surface area contributed by atoms with Gasteiger partial charge >= 0.3 is 11.9 Å². The average molecular weight is 373 g/mol. The molecule has 0 spiro atoms. The Morgan fingerprint density at radius 3 is 2.81 bits per heavy atom. The van der Waals surface area contributed by atoms with Crippen molar-refractivity contribution < 1.29 is 23.9 Å². The van der Waals surface area contributed by atoms with Crippen LogP contribution in [0.15, 0.2) is 30.3 Å². The molecule has 1 aliphatic heterocycles. The highest BCUT2D eigenvalue weighted by atomic mass is 32.1. The zero-order chi connectivity index (χ0) is 18.7. The van der Waals surface area contributed by atoms with E-state index < -0.39 is 23.9 Å². The largest absolute Gasteiger partial charge is 0.462 e. The van der Waals surface area contributed by atoms with Crippen molar-refractivity contribution in [3.8, 4) is 0 Å². The molecule has 1 unspecified atom stereocenters. The first-order chi connectivity index (χ1) is 12.5. The summed E-state index contributed by atoms with van der Waals surface area (Å²) in [5.74, 6) is -1.45. The van der Waals surface area contributed by atoms with Crippen LogP contribution < -0.4 is 5.32 Å².